The summed E-state index contributed by atoms with van der Waals surface area (Å²) in [6.07, 6.45) is 0. The molecule has 22 heavy (non-hydrogen) atoms. The number of hydrogen-bond donors (Lipinski definition) is 0. The van der Waals surface area contributed by atoms with Crippen molar-refractivity contribution in [1.29, 1.82) is 0 Å². The molecule has 2 atom stereocenters. The Morgan fingerprint density at radius 3 is 1.82 bits per heavy atom. The van der Waals surface area contributed by atoms with Gasteiger partial charge in [-0.1, -0.05) is 0 Å². The van der Waals surface area contributed by atoms with Crippen molar-refractivity contribution in [1.82, 2.24) is 50.2 Å². The van der Waals surface area contributed by atoms with Crippen LogP contribution in [0.4, 0.5) is 0 Å². The van der Waals surface area contributed by atoms with Crippen molar-refractivity contribution in [2.24, 2.45) is 14.1 Å². The first-order valence-corrected chi connectivity index (χ1v) is 7.45. The molecule has 0 amide bonds. The maximum atomic E-state index is 4.09. The maximum Gasteiger partial charge on any atom is 0.165 e. The number of piperazine rings is 1. The fourth-order valence-corrected chi connectivity index (χ4v) is 3.03. The predicted molar refractivity (Wildman–Crippen MR) is 77.3 cm³/mol. The number of hydrogen-bond acceptors (Lipinski definition) is 8. The lowest BCUT2D eigenvalue weighted by molar-refractivity contribution is 0.0248. The van der Waals surface area contributed by atoms with Crippen molar-refractivity contribution in [3.8, 4) is 0 Å². The number of aromatic nitrogens is 8. The van der Waals surface area contributed by atoms with Gasteiger partial charge in [-0.2, -0.15) is 0 Å². The van der Waals surface area contributed by atoms with Crippen LogP contribution in [-0.2, 0) is 27.2 Å². The van der Waals surface area contributed by atoms with Crippen molar-refractivity contribution in [2.45, 2.75) is 39.0 Å². The van der Waals surface area contributed by atoms with Crippen LogP contribution in [0.25, 0.3) is 0 Å². The van der Waals surface area contributed by atoms with E-state index in [1.165, 1.54) is 0 Å². The molecule has 2 aromatic heterocycles. The Morgan fingerprint density at radius 1 is 0.864 bits per heavy atom. The Morgan fingerprint density at radius 2 is 1.36 bits per heavy atom. The third-order valence-corrected chi connectivity index (χ3v) is 4.28. The lowest BCUT2D eigenvalue weighted by atomic mass is 10.1. The molecule has 2 aromatic rings. The smallest absolute Gasteiger partial charge is 0.165 e. The van der Waals surface area contributed by atoms with Gasteiger partial charge in [-0.05, 0) is 34.7 Å². The summed E-state index contributed by atoms with van der Waals surface area (Å²) >= 11 is 0. The van der Waals surface area contributed by atoms with Crippen LogP contribution in [0, 0.1) is 0 Å². The van der Waals surface area contributed by atoms with Gasteiger partial charge in [-0.3, -0.25) is 9.80 Å². The van der Waals surface area contributed by atoms with E-state index in [1.54, 1.807) is 9.36 Å². The molecule has 0 saturated carbocycles. The summed E-state index contributed by atoms with van der Waals surface area (Å²) in [6.45, 7) is 7.97. The largest absolute Gasteiger partial charge is 0.293 e. The van der Waals surface area contributed by atoms with Gasteiger partial charge in [0.05, 0.1) is 13.1 Å². The van der Waals surface area contributed by atoms with Crippen molar-refractivity contribution in [2.75, 3.05) is 13.1 Å². The van der Waals surface area contributed by atoms with Crippen LogP contribution in [0.3, 0.4) is 0 Å². The monoisotopic (exact) mass is 306 g/mol. The summed E-state index contributed by atoms with van der Waals surface area (Å²) in [5, 5.41) is 23.4. The zero-order valence-corrected chi connectivity index (χ0v) is 13.5. The predicted octanol–water partition coefficient (Wildman–Crippen LogP) is -1.17. The maximum absolute atomic E-state index is 4.09. The minimum Gasteiger partial charge on any atom is -0.293 e. The summed E-state index contributed by atoms with van der Waals surface area (Å²) in [6, 6.07) is 0.836. The van der Waals surface area contributed by atoms with Gasteiger partial charge >= 0.3 is 0 Å². The fourth-order valence-electron chi connectivity index (χ4n) is 3.03. The summed E-state index contributed by atoms with van der Waals surface area (Å²) in [5.74, 6) is 1.79. The molecule has 10 heteroatoms. The molecule has 0 aliphatic carbocycles. The van der Waals surface area contributed by atoms with E-state index < -0.39 is 0 Å². The van der Waals surface area contributed by atoms with E-state index in [0.717, 1.165) is 37.8 Å². The minimum absolute atomic E-state index is 0.418. The SMILES string of the molecule is C[C@@H]1CN(Cc2nnnn2C)C[C@H](C)N1Cc1nnnn1C. The van der Waals surface area contributed by atoms with E-state index in [4.69, 9.17) is 0 Å². The molecule has 1 saturated heterocycles. The lowest BCUT2D eigenvalue weighted by Gasteiger charge is -2.43. The number of aryl methyl sites for hydroxylation is 2. The standard InChI is InChI=1S/C12H22N10/c1-9-5-21(7-11-13-15-17-19(11)3)6-10(2)22(9)8-12-14-16-18-20(12)4/h9-10H,5-8H2,1-4H3/t9-,10+. The van der Waals surface area contributed by atoms with Gasteiger partial charge in [0.1, 0.15) is 0 Å². The molecule has 0 aromatic carbocycles. The Kier molecular flexibility index (Phi) is 4.12. The molecular formula is C12H22N10. The van der Waals surface area contributed by atoms with Gasteiger partial charge in [0.25, 0.3) is 0 Å². The van der Waals surface area contributed by atoms with Crippen LogP contribution in [-0.4, -0.2) is 75.4 Å². The van der Waals surface area contributed by atoms with Gasteiger partial charge in [0, 0.05) is 39.3 Å². The molecule has 0 spiro atoms. The number of nitrogens with zero attached hydrogens (tertiary/aromatic N) is 10. The highest BCUT2D eigenvalue weighted by molar-refractivity contribution is 4.91. The number of rotatable bonds is 4. The molecule has 0 bridgehead atoms. The first kappa shape index (κ1) is 15.0. The van der Waals surface area contributed by atoms with E-state index in [-0.39, 0.29) is 0 Å². The second-order valence-corrected chi connectivity index (χ2v) is 6.00. The average molecular weight is 306 g/mol. The van der Waals surface area contributed by atoms with Crippen molar-refractivity contribution in [3.63, 3.8) is 0 Å². The van der Waals surface area contributed by atoms with Crippen LogP contribution in [0.2, 0.25) is 0 Å². The van der Waals surface area contributed by atoms with Crippen LogP contribution in [0.1, 0.15) is 25.5 Å². The van der Waals surface area contributed by atoms with Crippen molar-refractivity contribution in [3.05, 3.63) is 11.6 Å². The second kappa shape index (κ2) is 6.05. The molecule has 0 radical (unpaired) electrons. The molecule has 1 aliphatic heterocycles. The van der Waals surface area contributed by atoms with Crippen molar-refractivity contribution >= 4 is 0 Å². The van der Waals surface area contributed by atoms with Gasteiger partial charge in [-0.15, -0.1) is 10.2 Å². The Labute approximate surface area is 129 Å². The van der Waals surface area contributed by atoms with E-state index >= 15 is 0 Å². The zero-order chi connectivity index (χ0) is 15.7. The first-order valence-electron chi connectivity index (χ1n) is 7.45. The molecule has 120 valence electrons. The summed E-state index contributed by atoms with van der Waals surface area (Å²) in [5.41, 5.74) is 0. The van der Waals surface area contributed by atoms with Gasteiger partial charge in [0.15, 0.2) is 11.6 Å². The van der Waals surface area contributed by atoms with E-state index in [9.17, 15) is 0 Å². The third kappa shape index (κ3) is 2.97. The molecule has 0 unspecified atom stereocenters. The second-order valence-electron chi connectivity index (χ2n) is 6.00. The topological polar surface area (TPSA) is 93.7 Å². The van der Waals surface area contributed by atoms with E-state index in [2.05, 4.69) is 54.7 Å². The molecule has 10 nitrogen and oxygen atoms in total. The Balaban J connectivity index is 1.64. The normalized spacial score (nSPS) is 24.0. The van der Waals surface area contributed by atoms with Crippen LogP contribution >= 0.6 is 0 Å². The van der Waals surface area contributed by atoms with Crippen LogP contribution < -0.4 is 0 Å². The Hall–Kier alpha value is -1.94. The van der Waals surface area contributed by atoms with Crippen LogP contribution in [0.15, 0.2) is 0 Å². The number of tetrazole rings is 2. The molecule has 3 heterocycles. The lowest BCUT2D eigenvalue weighted by Crippen LogP contribution is -2.56. The molecule has 1 fully saturated rings. The average Bonchev–Trinajstić information content (AvgIpc) is 3.04. The van der Waals surface area contributed by atoms with E-state index in [0.29, 0.717) is 12.1 Å². The highest BCUT2D eigenvalue weighted by Gasteiger charge is 2.31. The fraction of sp³-hybridized carbons (Fsp3) is 0.833. The summed E-state index contributed by atoms with van der Waals surface area (Å²) in [4.78, 5) is 4.84. The third-order valence-electron chi connectivity index (χ3n) is 4.28. The molecule has 3 rings (SSSR count). The zero-order valence-electron chi connectivity index (χ0n) is 13.5. The highest BCUT2D eigenvalue weighted by atomic mass is 15.5. The van der Waals surface area contributed by atoms with Gasteiger partial charge in [-0.25, -0.2) is 9.36 Å². The summed E-state index contributed by atoms with van der Waals surface area (Å²) < 4.78 is 3.46. The van der Waals surface area contributed by atoms with Crippen molar-refractivity contribution < 1.29 is 0 Å². The van der Waals surface area contributed by atoms with E-state index in [1.807, 2.05) is 14.1 Å². The first-order chi connectivity index (χ1) is 10.5. The minimum atomic E-state index is 0.418. The molecular weight excluding hydrogens is 284 g/mol. The van der Waals surface area contributed by atoms with Gasteiger partial charge < -0.3 is 0 Å². The summed E-state index contributed by atoms with van der Waals surface area (Å²) in [7, 11) is 3.75. The molecule has 0 N–H and O–H groups in total. The Bertz CT molecular complexity index is 607. The van der Waals surface area contributed by atoms with Gasteiger partial charge in [0.2, 0.25) is 0 Å². The molecule has 1 aliphatic rings. The quantitative estimate of drug-likeness (QED) is 0.697. The highest BCUT2D eigenvalue weighted by Crippen LogP contribution is 2.19. The van der Waals surface area contributed by atoms with Crippen LogP contribution in [0.5, 0.6) is 0 Å².